The number of hydrogen-bond acceptors (Lipinski definition) is 5. The normalized spacial score (nSPS) is 16.4. The van der Waals surface area contributed by atoms with Gasteiger partial charge in [0.2, 0.25) is 0 Å². The molecule has 32 heavy (non-hydrogen) atoms. The van der Waals surface area contributed by atoms with Gasteiger partial charge in [-0.05, 0) is 42.7 Å². The summed E-state index contributed by atoms with van der Waals surface area (Å²) in [6.45, 7) is 3.95. The van der Waals surface area contributed by atoms with Crippen LogP contribution in [0.15, 0.2) is 78.9 Å². The maximum Gasteiger partial charge on any atom is 0.323 e. The Labute approximate surface area is 190 Å². The summed E-state index contributed by atoms with van der Waals surface area (Å²) in [7, 11) is 0. The van der Waals surface area contributed by atoms with Crippen LogP contribution in [0, 0.1) is 19.8 Å². The number of carbonyl (C=O) groups excluding carboxylic acids is 2. The quantitative estimate of drug-likeness (QED) is 0.223. The Morgan fingerprint density at radius 3 is 2.19 bits per heavy atom. The zero-order valence-corrected chi connectivity index (χ0v) is 18.6. The van der Waals surface area contributed by atoms with Crippen LogP contribution in [-0.4, -0.2) is 16.7 Å². The van der Waals surface area contributed by atoms with Gasteiger partial charge in [-0.2, -0.15) is 0 Å². The van der Waals surface area contributed by atoms with E-state index >= 15 is 0 Å². The fourth-order valence-electron chi connectivity index (χ4n) is 4.11. The van der Waals surface area contributed by atoms with Gasteiger partial charge in [0.1, 0.15) is 16.7 Å². The monoisotopic (exact) mass is 439 g/mol. The lowest BCUT2D eigenvalue weighted by Gasteiger charge is -2.28. The number of ketones is 1. The number of fused-ring (bicyclic) bond motifs is 1. The summed E-state index contributed by atoms with van der Waals surface area (Å²) in [6.07, 6.45) is 0. The van der Waals surface area contributed by atoms with E-state index in [2.05, 4.69) is 12.1 Å². The second-order valence-electron chi connectivity index (χ2n) is 7.92. The van der Waals surface area contributed by atoms with Crippen LogP contribution in [0.3, 0.4) is 0 Å². The molecule has 158 valence electrons. The van der Waals surface area contributed by atoms with Gasteiger partial charge in [-0.1, -0.05) is 66.7 Å². The van der Waals surface area contributed by atoms with Crippen molar-refractivity contribution >= 4 is 23.1 Å². The number of para-hydroxylation sites is 1. The van der Waals surface area contributed by atoms with E-state index in [4.69, 9.17) is 9.72 Å². The molecule has 0 N–H and O–H groups in total. The van der Waals surface area contributed by atoms with E-state index in [9.17, 15) is 9.59 Å². The highest BCUT2D eigenvalue weighted by Gasteiger charge is 2.44. The molecule has 0 saturated heterocycles. The van der Waals surface area contributed by atoms with E-state index in [0.717, 1.165) is 32.3 Å². The van der Waals surface area contributed by atoms with E-state index in [-0.39, 0.29) is 5.78 Å². The zero-order valence-electron chi connectivity index (χ0n) is 17.7. The molecule has 0 spiro atoms. The van der Waals surface area contributed by atoms with Crippen molar-refractivity contribution in [2.24, 2.45) is 5.92 Å². The number of Topliss-reactive ketones (excluding diaryl/α,β-unsaturated/α-hetero) is 1. The molecule has 3 aromatic carbocycles. The van der Waals surface area contributed by atoms with Crippen LogP contribution in [0.2, 0.25) is 0 Å². The van der Waals surface area contributed by atoms with E-state index < -0.39 is 17.8 Å². The van der Waals surface area contributed by atoms with Crippen molar-refractivity contribution in [3.63, 3.8) is 0 Å². The summed E-state index contributed by atoms with van der Waals surface area (Å²) in [4.78, 5) is 32.3. The fraction of sp³-hybridized carbons (Fsp3) is 0.148. The van der Waals surface area contributed by atoms with Crippen molar-refractivity contribution < 1.29 is 14.3 Å². The molecule has 0 aliphatic carbocycles. The highest BCUT2D eigenvalue weighted by Crippen LogP contribution is 2.41. The largest absolute Gasteiger partial charge is 0.425 e. The number of carbonyl (C=O) groups is 2. The van der Waals surface area contributed by atoms with Crippen molar-refractivity contribution in [1.29, 1.82) is 0 Å². The van der Waals surface area contributed by atoms with Crippen molar-refractivity contribution in [1.82, 2.24) is 4.98 Å². The first-order chi connectivity index (χ1) is 15.5. The lowest BCUT2D eigenvalue weighted by atomic mass is 9.79. The van der Waals surface area contributed by atoms with Gasteiger partial charge >= 0.3 is 5.97 Å². The molecule has 2 heterocycles. The maximum absolute atomic E-state index is 13.5. The van der Waals surface area contributed by atoms with Crippen LogP contribution < -0.4 is 4.74 Å². The first-order valence-corrected chi connectivity index (χ1v) is 11.3. The standard InChI is InChI=1S/C27H21NO3S/c1-16-17(2)32-26(28-16)23(20-14-12-19(13-15-20)18-8-4-3-5-9-18)24-25(29)21-10-6-7-11-22(21)31-27(24)30/h3-15,23-24H,1-2H3. The molecule has 0 fully saturated rings. The number of aromatic nitrogens is 1. The third-order valence-electron chi connectivity index (χ3n) is 5.92. The van der Waals surface area contributed by atoms with Crippen molar-refractivity contribution in [3.05, 3.63) is 106 Å². The first kappa shape index (κ1) is 20.3. The number of nitrogens with zero attached hydrogens (tertiary/aromatic N) is 1. The molecule has 5 rings (SSSR count). The minimum atomic E-state index is -0.975. The van der Waals surface area contributed by atoms with Gasteiger partial charge in [-0.25, -0.2) is 4.98 Å². The van der Waals surface area contributed by atoms with Crippen LogP contribution in [0.1, 0.15) is 37.4 Å². The van der Waals surface area contributed by atoms with Gasteiger partial charge in [0.25, 0.3) is 0 Å². The molecule has 2 unspecified atom stereocenters. The predicted octanol–water partition coefficient (Wildman–Crippen LogP) is 5.98. The minimum absolute atomic E-state index is 0.223. The molecule has 4 nitrogen and oxygen atoms in total. The van der Waals surface area contributed by atoms with Crippen LogP contribution in [-0.2, 0) is 4.79 Å². The second kappa shape index (κ2) is 8.17. The highest BCUT2D eigenvalue weighted by molar-refractivity contribution is 7.11. The van der Waals surface area contributed by atoms with Gasteiger partial charge in [0, 0.05) is 4.88 Å². The van der Waals surface area contributed by atoms with Gasteiger partial charge in [0.05, 0.1) is 17.2 Å². The Kier molecular flexibility index (Phi) is 5.19. The number of rotatable bonds is 4. The molecule has 0 saturated carbocycles. The molecule has 0 bridgehead atoms. The smallest absolute Gasteiger partial charge is 0.323 e. The highest BCUT2D eigenvalue weighted by atomic mass is 32.1. The van der Waals surface area contributed by atoms with Crippen LogP contribution in [0.25, 0.3) is 11.1 Å². The van der Waals surface area contributed by atoms with Crippen LogP contribution in [0.4, 0.5) is 0 Å². The molecule has 0 radical (unpaired) electrons. The fourth-order valence-corrected chi connectivity index (χ4v) is 5.20. The van der Waals surface area contributed by atoms with Crippen molar-refractivity contribution in [2.75, 3.05) is 0 Å². The number of esters is 1. The number of benzene rings is 3. The maximum atomic E-state index is 13.5. The van der Waals surface area contributed by atoms with E-state index in [1.807, 2.05) is 56.3 Å². The molecular weight excluding hydrogens is 418 g/mol. The second-order valence-corrected chi connectivity index (χ2v) is 9.15. The molecule has 5 heteroatoms. The van der Waals surface area contributed by atoms with Crippen molar-refractivity contribution in [3.8, 4) is 16.9 Å². The van der Waals surface area contributed by atoms with Gasteiger partial charge in [0.15, 0.2) is 5.78 Å². The van der Waals surface area contributed by atoms with E-state index in [1.54, 1.807) is 24.3 Å². The topological polar surface area (TPSA) is 56.3 Å². The summed E-state index contributed by atoms with van der Waals surface area (Å²) in [5.74, 6) is -1.91. The molecule has 1 aliphatic rings. The summed E-state index contributed by atoms with van der Waals surface area (Å²) in [5, 5.41) is 0.752. The zero-order chi connectivity index (χ0) is 22.2. The Hall–Kier alpha value is -3.57. The molecular formula is C27H21NO3S. The van der Waals surface area contributed by atoms with Crippen molar-refractivity contribution in [2.45, 2.75) is 19.8 Å². The number of hydrogen-bond donors (Lipinski definition) is 0. The third-order valence-corrected chi connectivity index (χ3v) is 7.08. The lowest BCUT2D eigenvalue weighted by molar-refractivity contribution is -0.138. The lowest BCUT2D eigenvalue weighted by Crippen LogP contribution is -2.38. The van der Waals surface area contributed by atoms with Crippen LogP contribution in [0.5, 0.6) is 5.75 Å². The SMILES string of the molecule is Cc1nc(C(c2ccc(-c3ccccc3)cc2)C2C(=O)Oc3ccccc3C2=O)sc1C. The van der Waals surface area contributed by atoms with Crippen LogP contribution >= 0.6 is 11.3 Å². The van der Waals surface area contributed by atoms with E-state index in [0.29, 0.717) is 11.3 Å². The third kappa shape index (κ3) is 3.55. The summed E-state index contributed by atoms with van der Waals surface area (Å²) in [6, 6.07) is 25.0. The Bertz CT molecular complexity index is 1290. The molecule has 0 amide bonds. The number of ether oxygens (including phenoxy) is 1. The summed E-state index contributed by atoms with van der Waals surface area (Å²) >= 11 is 1.53. The number of thiazole rings is 1. The predicted molar refractivity (Wildman–Crippen MR) is 125 cm³/mol. The molecule has 2 atom stereocenters. The summed E-state index contributed by atoms with van der Waals surface area (Å²) in [5.41, 5.74) is 4.40. The number of aryl methyl sites for hydroxylation is 2. The molecule has 4 aromatic rings. The Balaban J connectivity index is 1.61. The Morgan fingerprint density at radius 2 is 1.50 bits per heavy atom. The first-order valence-electron chi connectivity index (χ1n) is 10.5. The molecule has 1 aliphatic heterocycles. The molecule has 1 aromatic heterocycles. The Morgan fingerprint density at radius 1 is 0.844 bits per heavy atom. The minimum Gasteiger partial charge on any atom is -0.425 e. The van der Waals surface area contributed by atoms with Gasteiger partial charge in [-0.3, -0.25) is 9.59 Å². The average Bonchev–Trinajstić information content (AvgIpc) is 3.15. The average molecular weight is 440 g/mol. The van der Waals surface area contributed by atoms with Gasteiger partial charge in [-0.15, -0.1) is 11.3 Å². The van der Waals surface area contributed by atoms with Gasteiger partial charge < -0.3 is 4.74 Å². The summed E-state index contributed by atoms with van der Waals surface area (Å²) < 4.78 is 5.59. The van der Waals surface area contributed by atoms with E-state index in [1.165, 1.54) is 11.3 Å².